The Kier molecular flexibility index (Phi) is 5.51. The highest BCUT2D eigenvalue weighted by Gasteiger charge is 2.23. The molecule has 5 rings (SSSR count). The minimum atomic E-state index is 0.0239. The zero-order valence-electron chi connectivity index (χ0n) is 17.1. The van der Waals surface area contributed by atoms with Crippen LogP contribution < -0.4 is 10.2 Å². The molecule has 0 atom stereocenters. The van der Waals surface area contributed by atoms with E-state index in [0.717, 1.165) is 22.3 Å². The number of carbonyl (C=O) groups is 1. The van der Waals surface area contributed by atoms with Crippen molar-refractivity contribution in [2.24, 2.45) is 0 Å². The summed E-state index contributed by atoms with van der Waals surface area (Å²) in [7, 11) is 0. The summed E-state index contributed by atoms with van der Waals surface area (Å²) >= 11 is 6.07. The van der Waals surface area contributed by atoms with Crippen molar-refractivity contribution in [1.82, 2.24) is 24.8 Å². The largest absolute Gasteiger partial charge is 0.355 e. The topological polar surface area (TPSA) is 87.1 Å². The van der Waals surface area contributed by atoms with Crippen LogP contribution in [0.1, 0.15) is 10.4 Å². The lowest BCUT2D eigenvalue weighted by atomic mass is 10.1. The fraction of sp³-hybridized carbons (Fsp3) is 0.174. The van der Waals surface area contributed by atoms with Crippen LogP contribution in [0.4, 0.5) is 17.3 Å². The monoisotopic (exact) mass is 445 g/mol. The maximum absolute atomic E-state index is 12.9. The summed E-state index contributed by atoms with van der Waals surface area (Å²) in [6.07, 6.45) is 4.72. The molecule has 160 valence electrons. The van der Waals surface area contributed by atoms with Crippen molar-refractivity contribution in [2.45, 2.75) is 0 Å². The molecule has 9 heteroatoms. The molecule has 1 N–H and O–H groups in total. The van der Waals surface area contributed by atoms with Crippen molar-refractivity contribution < 1.29 is 4.79 Å². The lowest BCUT2D eigenvalue weighted by Crippen LogP contribution is -2.49. The second-order valence-corrected chi connectivity index (χ2v) is 7.88. The Bertz CT molecular complexity index is 1240. The number of halogens is 1. The SMILES string of the molecule is O=C(c1ccc(Nc2ccnc3cc(Cl)ccc23)cc1)N1CCN(c2ncncn2)CC1. The number of amides is 1. The average molecular weight is 446 g/mol. The second-order valence-electron chi connectivity index (χ2n) is 7.44. The third-order valence-electron chi connectivity index (χ3n) is 5.45. The van der Waals surface area contributed by atoms with Gasteiger partial charge in [-0.15, -0.1) is 0 Å². The average Bonchev–Trinajstić information content (AvgIpc) is 2.85. The lowest BCUT2D eigenvalue weighted by molar-refractivity contribution is 0.0746. The van der Waals surface area contributed by atoms with Crippen LogP contribution in [0.5, 0.6) is 0 Å². The van der Waals surface area contributed by atoms with E-state index in [1.165, 1.54) is 12.7 Å². The number of aromatic nitrogens is 4. The molecule has 2 aromatic carbocycles. The molecule has 2 aromatic heterocycles. The van der Waals surface area contributed by atoms with Crippen LogP contribution in [0.3, 0.4) is 0 Å². The van der Waals surface area contributed by atoms with E-state index in [1.54, 1.807) is 6.20 Å². The first-order chi connectivity index (χ1) is 15.7. The number of rotatable bonds is 4. The first-order valence-electron chi connectivity index (χ1n) is 10.2. The van der Waals surface area contributed by atoms with Crippen molar-refractivity contribution in [3.05, 3.63) is 78.0 Å². The number of nitrogens with one attached hydrogen (secondary N) is 1. The summed E-state index contributed by atoms with van der Waals surface area (Å²) in [6.45, 7) is 2.62. The molecule has 0 aliphatic carbocycles. The van der Waals surface area contributed by atoms with Gasteiger partial charge in [-0.1, -0.05) is 11.6 Å². The van der Waals surface area contributed by atoms with Gasteiger partial charge in [0.15, 0.2) is 0 Å². The smallest absolute Gasteiger partial charge is 0.253 e. The number of carbonyl (C=O) groups excluding carboxylic acids is 1. The molecule has 0 spiro atoms. The predicted octanol–water partition coefficient (Wildman–Crippen LogP) is 3.78. The Balaban J connectivity index is 1.25. The molecule has 8 nitrogen and oxygen atoms in total. The number of benzene rings is 2. The van der Waals surface area contributed by atoms with Gasteiger partial charge >= 0.3 is 0 Å². The molecule has 32 heavy (non-hydrogen) atoms. The molecule has 1 aliphatic heterocycles. The Morgan fingerprint density at radius 2 is 1.66 bits per heavy atom. The number of piperazine rings is 1. The van der Waals surface area contributed by atoms with Crippen molar-refractivity contribution in [3.8, 4) is 0 Å². The molecule has 1 saturated heterocycles. The highest BCUT2D eigenvalue weighted by atomic mass is 35.5. The van der Waals surface area contributed by atoms with Crippen LogP contribution in [0, 0.1) is 0 Å². The van der Waals surface area contributed by atoms with E-state index in [1.807, 2.05) is 53.4 Å². The summed E-state index contributed by atoms with van der Waals surface area (Å²) in [4.78, 5) is 33.4. The molecule has 1 fully saturated rings. The van der Waals surface area contributed by atoms with Crippen LogP contribution >= 0.6 is 11.6 Å². The minimum absolute atomic E-state index is 0.0239. The van der Waals surface area contributed by atoms with Crippen molar-refractivity contribution in [3.63, 3.8) is 0 Å². The highest BCUT2D eigenvalue weighted by molar-refractivity contribution is 6.31. The van der Waals surface area contributed by atoms with Crippen LogP contribution in [0.15, 0.2) is 67.4 Å². The number of hydrogen-bond donors (Lipinski definition) is 1. The summed E-state index contributed by atoms with van der Waals surface area (Å²) in [6, 6.07) is 15.1. The zero-order valence-corrected chi connectivity index (χ0v) is 17.9. The zero-order chi connectivity index (χ0) is 21.9. The van der Waals surface area contributed by atoms with Crippen LogP contribution in [-0.4, -0.2) is 56.9 Å². The van der Waals surface area contributed by atoms with E-state index in [0.29, 0.717) is 42.7 Å². The normalized spacial score (nSPS) is 13.9. The molecular formula is C23H20ClN7O. The molecule has 0 unspecified atom stereocenters. The number of nitrogens with zero attached hydrogens (tertiary/aromatic N) is 6. The van der Waals surface area contributed by atoms with Gasteiger partial charge in [0, 0.05) is 59.7 Å². The number of hydrogen-bond acceptors (Lipinski definition) is 7. The first-order valence-corrected chi connectivity index (χ1v) is 10.6. The molecule has 1 aliphatic rings. The van der Waals surface area contributed by atoms with Gasteiger partial charge in [0.1, 0.15) is 12.7 Å². The number of pyridine rings is 1. The molecule has 3 heterocycles. The maximum atomic E-state index is 12.9. The quantitative estimate of drug-likeness (QED) is 0.511. The van der Waals surface area contributed by atoms with Crippen molar-refractivity contribution in [1.29, 1.82) is 0 Å². The van der Waals surface area contributed by atoms with Gasteiger partial charge < -0.3 is 15.1 Å². The second kappa shape index (κ2) is 8.76. The van der Waals surface area contributed by atoms with Gasteiger partial charge in [0.05, 0.1) is 5.52 Å². The molecule has 4 aromatic rings. The minimum Gasteiger partial charge on any atom is -0.355 e. The van der Waals surface area contributed by atoms with Gasteiger partial charge in [-0.3, -0.25) is 9.78 Å². The maximum Gasteiger partial charge on any atom is 0.253 e. The Morgan fingerprint density at radius 1 is 0.906 bits per heavy atom. The van der Waals surface area contributed by atoms with E-state index in [-0.39, 0.29) is 5.91 Å². The van der Waals surface area contributed by atoms with Crippen molar-refractivity contribution in [2.75, 3.05) is 36.4 Å². The molecule has 0 saturated carbocycles. The van der Waals surface area contributed by atoms with E-state index < -0.39 is 0 Å². The number of anilines is 3. The van der Waals surface area contributed by atoms with Gasteiger partial charge in [0.2, 0.25) is 5.95 Å². The highest BCUT2D eigenvalue weighted by Crippen LogP contribution is 2.27. The summed E-state index contributed by atoms with van der Waals surface area (Å²) in [5.74, 6) is 0.671. The van der Waals surface area contributed by atoms with Crippen LogP contribution in [0.2, 0.25) is 5.02 Å². The summed E-state index contributed by atoms with van der Waals surface area (Å²) < 4.78 is 0. The Hall–Kier alpha value is -3.78. The fourth-order valence-corrected chi connectivity index (χ4v) is 3.94. The van der Waals surface area contributed by atoms with Gasteiger partial charge in [0.25, 0.3) is 5.91 Å². The third-order valence-corrected chi connectivity index (χ3v) is 5.68. The molecule has 1 amide bonds. The lowest BCUT2D eigenvalue weighted by Gasteiger charge is -2.34. The Labute approximate surface area is 189 Å². The standard InChI is InChI=1S/C23H20ClN7O/c24-17-3-6-19-20(7-8-26-21(19)13-17)29-18-4-1-16(2-5-18)22(32)30-9-11-31(12-10-30)23-27-14-25-15-28-23/h1-8,13-15H,9-12H2,(H,26,29). The predicted molar refractivity (Wildman–Crippen MR) is 124 cm³/mol. The Morgan fingerprint density at radius 3 is 2.41 bits per heavy atom. The fourth-order valence-electron chi connectivity index (χ4n) is 3.77. The number of fused-ring (bicyclic) bond motifs is 1. The van der Waals surface area contributed by atoms with E-state index in [9.17, 15) is 4.79 Å². The summed E-state index contributed by atoms with van der Waals surface area (Å²) in [5, 5.41) is 5.03. The van der Waals surface area contributed by atoms with Crippen LogP contribution in [-0.2, 0) is 0 Å². The van der Waals surface area contributed by atoms with Gasteiger partial charge in [-0.25, -0.2) is 15.0 Å². The third kappa shape index (κ3) is 4.17. The summed E-state index contributed by atoms with van der Waals surface area (Å²) in [5.41, 5.74) is 3.31. The van der Waals surface area contributed by atoms with Gasteiger partial charge in [-0.05, 0) is 48.5 Å². The first kappa shape index (κ1) is 20.1. The van der Waals surface area contributed by atoms with Crippen LogP contribution in [0.25, 0.3) is 10.9 Å². The molecule has 0 radical (unpaired) electrons. The van der Waals surface area contributed by atoms with Crippen molar-refractivity contribution >= 4 is 45.7 Å². The van der Waals surface area contributed by atoms with E-state index >= 15 is 0 Å². The molecule has 0 bridgehead atoms. The molecular weight excluding hydrogens is 426 g/mol. The van der Waals surface area contributed by atoms with E-state index in [4.69, 9.17) is 11.6 Å². The van der Waals surface area contributed by atoms with E-state index in [2.05, 4.69) is 30.2 Å². The van der Waals surface area contributed by atoms with Gasteiger partial charge in [-0.2, -0.15) is 0 Å².